The number of esters is 1. The summed E-state index contributed by atoms with van der Waals surface area (Å²) in [6.07, 6.45) is 1.43. The summed E-state index contributed by atoms with van der Waals surface area (Å²) in [6, 6.07) is 16.3. The van der Waals surface area contributed by atoms with Crippen LogP contribution in [0.1, 0.15) is 42.1 Å². The third-order valence-electron chi connectivity index (χ3n) is 6.81. The molecule has 0 unspecified atom stereocenters. The fourth-order valence-electron chi connectivity index (χ4n) is 4.62. The van der Waals surface area contributed by atoms with Gasteiger partial charge in [0.05, 0.1) is 54.8 Å². The highest BCUT2D eigenvalue weighted by Crippen LogP contribution is 2.37. The van der Waals surface area contributed by atoms with Gasteiger partial charge in [-0.05, 0) is 71.2 Å². The summed E-state index contributed by atoms with van der Waals surface area (Å²) < 4.78 is 28.3. The van der Waals surface area contributed by atoms with Crippen molar-refractivity contribution in [3.05, 3.63) is 92.6 Å². The van der Waals surface area contributed by atoms with Crippen molar-refractivity contribution < 1.29 is 38.1 Å². The van der Waals surface area contributed by atoms with Crippen LogP contribution in [-0.4, -0.2) is 51.6 Å². The van der Waals surface area contributed by atoms with Gasteiger partial charge in [0.25, 0.3) is 5.91 Å². The van der Waals surface area contributed by atoms with Crippen LogP contribution in [0.15, 0.2) is 75.4 Å². The van der Waals surface area contributed by atoms with Gasteiger partial charge >= 0.3 is 12.0 Å². The van der Waals surface area contributed by atoms with E-state index in [9.17, 15) is 19.6 Å². The van der Waals surface area contributed by atoms with Crippen molar-refractivity contribution in [1.82, 2.24) is 16.1 Å². The third-order valence-corrected chi connectivity index (χ3v) is 7.40. The molecule has 0 radical (unpaired) electrons. The number of urea groups is 1. The van der Waals surface area contributed by atoms with E-state index >= 15 is 0 Å². The van der Waals surface area contributed by atoms with E-state index < -0.39 is 23.9 Å². The lowest BCUT2D eigenvalue weighted by Crippen LogP contribution is -2.45. The molecule has 0 bridgehead atoms. The van der Waals surface area contributed by atoms with Crippen LogP contribution in [0.25, 0.3) is 0 Å². The van der Waals surface area contributed by atoms with Crippen molar-refractivity contribution in [1.29, 1.82) is 5.26 Å². The number of nitrogens with one attached hydrogen (secondary N) is 3. The van der Waals surface area contributed by atoms with Crippen molar-refractivity contribution in [2.75, 3.05) is 27.4 Å². The molecule has 244 valence electrons. The number of amides is 3. The second kappa shape index (κ2) is 16.1. The molecule has 1 heterocycles. The van der Waals surface area contributed by atoms with Crippen molar-refractivity contribution in [3.8, 4) is 29.1 Å². The Labute approximate surface area is 279 Å². The van der Waals surface area contributed by atoms with Crippen LogP contribution in [0.5, 0.6) is 23.0 Å². The summed E-state index contributed by atoms with van der Waals surface area (Å²) >= 11 is 3.49. The van der Waals surface area contributed by atoms with E-state index in [1.165, 1.54) is 20.4 Å². The minimum atomic E-state index is -0.789. The predicted octanol–water partition coefficient (Wildman–Crippen LogP) is 4.64. The molecule has 3 N–H and O–H groups in total. The molecule has 1 aliphatic rings. The molecule has 3 amide bonds. The Morgan fingerprint density at radius 3 is 2.55 bits per heavy atom. The summed E-state index contributed by atoms with van der Waals surface area (Å²) in [5, 5.41) is 18.6. The first kappa shape index (κ1) is 34.3. The van der Waals surface area contributed by atoms with Gasteiger partial charge in [-0.25, -0.2) is 15.0 Å². The minimum absolute atomic E-state index is 0.162. The molecule has 1 atom stereocenters. The third kappa shape index (κ3) is 8.59. The van der Waals surface area contributed by atoms with Crippen LogP contribution in [0.4, 0.5) is 4.79 Å². The van der Waals surface area contributed by atoms with E-state index in [0.29, 0.717) is 38.4 Å². The number of nitriles is 1. The van der Waals surface area contributed by atoms with Crippen molar-refractivity contribution >= 4 is 40.1 Å². The SMILES string of the molecule is CCOC(=O)C1=C(C)NC(=O)N[C@H]1c1ccc(OCC(=O)N/N=C\c2cc(Br)c(OCc3ccccc3C#N)c(OC)c2)c(OC)c1. The van der Waals surface area contributed by atoms with E-state index in [0.717, 1.165) is 5.56 Å². The summed E-state index contributed by atoms with van der Waals surface area (Å²) in [7, 11) is 2.93. The molecular weight excluding hydrogens is 674 g/mol. The molecule has 14 heteroatoms. The molecule has 0 aliphatic carbocycles. The predicted molar refractivity (Wildman–Crippen MR) is 174 cm³/mol. The maximum atomic E-state index is 12.6. The maximum Gasteiger partial charge on any atom is 0.338 e. The summed E-state index contributed by atoms with van der Waals surface area (Å²) in [4.78, 5) is 37.3. The maximum absolute atomic E-state index is 12.6. The monoisotopic (exact) mass is 705 g/mol. The average Bonchev–Trinajstić information content (AvgIpc) is 3.06. The number of ether oxygens (including phenoxy) is 5. The van der Waals surface area contributed by atoms with Gasteiger partial charge < -0.3 is 34.3 Å². The van der Waals surface area contributed by atoms with Gasteiger partial charge in [0.15, 0.2) is 29.6 Å². The van der Waals surface area contributed by atoms with Gasteiger partial charge in [0, 0.05) is 11.3 Å². The molecular formula is C33H32BrN5O8. The van der Waals surface area contributed by atoms with Crippen LogP contribution >= 0.6 is 15.9 Å². The smallest absolute Gasteiger partial charge is 0.338 e. The largest absolute Gasteiger partial charge is 0.493 e. The molecule has 0 spiro atoms. The number of hydrogen-bond acceptors (Lipinski definition) is 10. The number of hydrogen-bond donors (Lipinski definition) is 3. The van der Waals surface area contributed by atoms with E-state index in [1.807, 2.05) is 12.1 Å². The number of carbonyl (C=O) groups excluding carboxylic acids is 3. The van der Waals surface area contributed by atoms with Gasteiger partial charge in [-0.3, -0.25) is 4.79 Å². The highest BCUT2D eigenvalue weighted by atomic mass is 79.9. The minimum Gasteiger partial charge on any atom is -0.493 e. The highest BCUT2D eigenvalue weighted by molar-refractivity contribution is 9.10. The first-order valence-electron chi connectivity index (χ1n) is 14.2. The summed E-state index contributed by atoms with van der Waals surface area (Å²) in [5.41, 5.74) is 5.45. The second-order valence-electron chi connectivity index (χ2n) is 9.87. The Balaban J connectivity index is 1.38. The van der Waals surface area contributed by atoms with Crippen LogP contribution in [0.3, 0.4) is 0 Å². The molecule has 1 aliphatic heterocycles. The lowest BCUT2D eigenvalue weighted by Gasteiger charge is -2.28. The van der Waals surface area contributed by atoms with E-state index in [-0.39, 0.29) is 36.9 Å². The van der Waals surface area contributed by atoms with Crippen molar-refractivity contribution in [3.63, 3.8) is 0 Å². The Morgan fingerprint density at radius 2 is 1.83 bits per heavy atom. The number of nitrogens with zero attached hydrogens (tertiary/aromatic N) is 2. The number of carbonyl (C=O) groups is 3. The number of halogens is 1. The highest BCUT2D eigenvalue weighted by Gasteiger charge is 2.32. The van der Waals surface area contributed by atoms with Gasteiger partial charge in [0.1, 0.15) is 6.61 Å². The Kier molecular flexibility index (Phi) is 11.8. The number of benzene rings is 3. The molecule has 47 heavy (non-hydrogen) atoms. The Hall–Kier alpha value is -5.55. The van der Waals surface area contributed by atoms with Gasteiger partial charge in [-0.15, -0.1) is 0 Å². The lowest BCUT2D eigenvalue weighted by molar-refractivity contribution is -0.139. The summed E-state index contributed by atoms with van der Waals surface area (Å²) in [5.74, 6) is 0.305. The topological polar surface area (TPSA) is 170 Å². The Bertz CT molecular complexity index is 1770. The van der Waals surface area contributed by atoms with E-state index in [1.54, 1.807) is 56.3 Å². The zero-order valence-corrected chi connectivity index (χ0v) is 27.6. The molecule has 3 aromatic carbocycles. The molecule has 3 aromatic rings. The number of allylic oxidation sites excluding steroid dienone is 1. The van der Waals surface area contributed by atoms with Crippen LogP contribution in [0.2, 0.25) is 0 Å². The zero-order chi connectivity index (χ0) is 33.9. The van der Waals surface area contributed by atoms with E-state index in [4.69, 9.17) is 23.7 Å². The standard InChI is InChI=1S/C33H32BrN5O8/c1-5-45-32(41)29-19(2)37-33(42)38-30(29)21-10-11-25(26(14-21)43-3)46-18-28(40)39-36-16-20-12-24(34)31(27(13-20)44-4)47-17-23-9-7-6-8-22(23)15-35/h6-14,16,30H,5,17-18H2,1-4H3,(H,39,40)(H2,37,38,42)/b36-16-/t30-/m0/s1. The number of methoxy groups -OCH3 is 2. The number of rotatable bonds is 13. The van der Waals surface area contributed by atoms with Crippen molar-refractivity contribution in [2.24, 2.45) is 5.10 Å². The molecule has 13 nitrogen and oxygen atoms in total. The molecule has 0 fully saturated rings. The summed E-state index contributed by atoms with van der Waals surface area (Å²) in [6.45, 7) is 3.27. The Morgan fingerprint density at radius 1 is 1.06 bits per heavy atom. The van der Waals surface area contributed by atoms with Crippen LogP contribution < -0.4 is 35.0 Å². The molecule has 0 saturated carbocycles. The first-order chi connectivity index (χ1) is 22.7. The molecule has 0 saturated heterocycles. The number of hydrazone groups is 1. The quantitative estimate of drug-likeness (QED) is 0.130. The average molecular weight is 707 g/mol. The zero-order valence-electron chi connectivity index (χ0n) is 26.0. The van der Waals surface area contributed by atoms with Crippen LogP contribution in [-0.2, 0) is 20.9 Å². The lowest BCUT2D eigenvalue weighted by atomic mass is 9.95. The van der Waals surface area contributed by atoms with E-state index in [2.05, 4.69) is 43.2 Å². The fraction of sp³-hybridized carbons (Fsp3) is 0.242. The first-order valence-corrected chi connectivity index (χ1v) is 15.0. The second-order valence-corrected chi connectivity index (χ2v) is 10.7. The normalized spacial score (nSPS) is 14.0. The van der Waals surface area contributed by atoms with Gasteiger partial charge in [-0.1, -0.05) is 24.3 Å². The molecule has 0 aromatic heterocycles. The fourth-order valence-corrected chi connectivity index (χ4v) is 5.19. The molecule has 4 rings (SSSR count). The van der Waals surface area contributed by atoms with Crippen LogP contribution in [0, 0.1) is 11.3 Å². The van der Waals surface area contributed by atoms with Gasteiger partial charge in [0.2, 0.25) is 0 Å². The van der Waals surface area contributed by atoms with Crippen molar-refractivity contribution in [2.45, 2.75) is 26.5 Å². The van der Waals surface area contributed by atoms with Gasteiger partial charge in [-0.2, -0.15) is 10.4 Å².